The van der Waals surface area contributed by atoms with E-state index in [9.17, 15) is 19.6 Å². The van der Waals surface area contributed by atoms with Crippen molar-refractivity contribution in [3.8, 4) is 6.07 Å². The molecule has 6 rings (SSSR count). The van der Waals surface area contributed by atoms with Gasteiger partial charge in [-0.1, -0.05) is 6.07 Å². The van der Waals surface area contributed by atoms with E-state index in [0.717, 1.165) is 25.9 Å². The van der Waals surface area contributed by atoms with Gasteiger partial charge in [0.25, 0.3) is 0 Å². The van der Waals surface area contributed by atoms with Crippen molar-refractivity contribution in [1.29, 1.82) is 5.26 Å². The van der Waals surface area contributed by atoms with E-state index in [1.165, 1.54) is 11.1 Å². The van der Waals surface area contributed by atoms with Crippen LogP contribution in [-0.2, 0) is 15.1 Å². The summed E-state index contributed by atoms with van der Waals surface area (Å²) in [6.07, 6.45) is 5.32. The molecule has 2 fully saturated rings. The van der Waals surface area contributed by atoms with Crippen LogP contribution < -0.4 is 20.9 Å². The summed E-state index contributed by atoms with van der Waals surface area (Å²) in [5.74, 6) is 0.559. The molecule has 5 heterocycles. The SMILES string of the molecule is COCCNc1cc(NC(=O)N2c3nc(C=O)ccc3C3(NC(=O)CN4CCCC4)CC2C3)ncc1C#N. The molecule has 12 heteroatoms. The Morgan fingerprint density at radius 3 is 2.79 bits per heavy atom. The molecule has 2 aromatic rings. The largest absolute Gasteiger partial charge is 0.383 e. The molecule has 0 radical (unpaired) electrons. The van der Waals surface area contributed by atoms with Gasteiger partial charge in [-0.05, 0) is 44.8 Å². The van der Waals surface area contributed by atoms with E-state index in [1.807, 2.05) is 0 Å². The van der Waals surface area contributed by atoms with Gasteiger partial charge in [0.2, 0.25) is 5.91 Å². The molecular formula is C26H30N8O4. The molecule has 0 spiro atoms. The molecular weight excluding hydrogens is 488 g/mol. The summed E-state index contributed by atoms with van der Waals surface area (Å²) in [5, 5.41) is 18.5. The number of nitrogens with one attached hydrogen (secondary N) is 3. The van der Waals surface area contributed by atoms with E-state index in [4.69, 9.17) is 4.74 Å². The Bertz CT molecular complexity index is 1280. The molecule has 1 saturated heterocycles. The highest BCUT2D eigenvalue weighted by Crippen LogP contribution is 2.53. The fourth-order valence-electron chi connectivity index (χ4n) is 5.50. The summed E-state index contributed by atoms with van der Waals surface area (Å²) < 4.78 is 5.05. The average Bonchev–Trinajstić information content (AvgIpc) is 3.40. The summed E-state index contributed by atoms with van der Waals surface area (Å²) in [6.45, 7) is 3.11. The highest BCUT2D eigenvalue weighted by Gasteiger charge is 2.57. The van der Waals surface area contributed by atoms with Crippen LogP contribution in [0.15, 0.2) is 24.4 Å². The number of likely N-dealkylation sites (tertiary alicyclic amines) is 1. The van der Waals surface area contributed by atoms with Crippen LogP contribution in [0.3, 0.4) is 0 Å². The molecule has 3 aliphatic heterocycles. The number of carbonyl (C=O) groups excluding carboxylic acids is 3. The molecule has 12 nitrogen and oxygen atoms in total. The van der Waals surface area contributed by atoms with Crippen LogP contribution in [0.5, 0.6) is 0 Å². The van der Waals surface area contributed by atoms with Crippen molar-refractivity contribution in [3.05, 3.63) is 41.2 Å². The maximum atomic E-state index is 13.5. The third kappa shape index (κ3) is 4.90. The number of aldehydes is 1. The van der Waals surface area contributed by atoms with Gasteiger partial charge in [0.1, 0.15) is 23.4 Å². The molecule has 0 aromatic carbocycles. The van der Waals surface area contributed by atoms with Crippen molar-refractivity contribution < 1.29 is 19.1 Å². The Labute approximate surface area is 220 Å². The van der Waals surface area contributed by atoms with Crippen LogP contribution >= 0.6 is 0 Å². The topological polar surface area (TPSA) is 153 Å². The van der Waals surface area contributed by atoms with Gasteiger partial charge >= 0.3 is 6.03 Å². The monoisotopic (exact) mass is 518 g/mol. The first-order chi connectivity index (χ1) is 18.5. The number of ether oxygens (including phenoxy) is 1. The van der Waals surface area contributed by atoms with Crippen LogP contribution in [0.25, 0.3) is 0 Å². The number of urea groups is 1. The quantitative estimate of drug-likeness (QED) is 0.333. The van der Waals surface area contributed by atoms with Crippen LogP contribution in [0.4, 0.5) is 22.1 Å². The first-order valence-electron chi connectivity index (χ1n) is 12.7. The number of methoxy groups -OCH3 is 1. The van der Waals surface area contributed by atoms with Gasteiger partial charge in [0.05, 0.1) is 29.9 Å². The number of rotatable bonds is 9. The number of nitriles is 1. The highest BCUT2D eigenvalue weighted by atomic mass is 16.5. The van der Waals surface area contributed by atoms with Gasteiger partial charge in [0.15, 0.2) is 6.29 Å². The average molecular weight is 519 g/mol. The molecule has 3 N–H and O–H groups in total. The predicted molar refractivity (Wildman–Crippen MR) is 139 cm³/mol. The summed E-state index contributed by atoms with van der Waals surface area (Å²) in [6, 6.07) is 6.39. The zero-order valence-electron chi connectivity index (χ0n) is 21.2. The number of aromatic nitrogens is 2. The number of amides is 3. The van der Waals surface area contributed by atoms with Gasteiger partial charge in [-0.2, -0.15) is 5.26 Å². The first-order valence-corrected chi connectivity index (χ1v) is 12.7. The lowest BCUT2D eigenvalue weighted by Gasteiger charge is -2.57. The third-order valence-electron chi connectivity index (χ3n) is 7.34. The van der Waals surface area contributed by atoms with E-state index in [-0.39, 0.29) is 23.5 Å². The van der Waals surface area contributed by atoms with E-state index >= 15 is 0 Å². The first kappa shape index (κ1) is 25.6. The van der Waals surface area contributed by atoms with E-state index in [2.05, 4.69) is 36.9 Å². The molecule has 1 aliphatic carbocycles. The standard InChI is InChI=1S/C26H30N8O4/c1-38-9-6-28-21-10-22(29-14-17(21)13-27)31-25(37)34-19-11-26(12-19,20-5-4-18(16-35)30-24(20)34)32-23(36)15-33-7-2-3-8-33/h4-5,10,14,16,19H,2-3,6-9,11-12,15H2,1H3,(H,32,36)(H2,28,29,31,37). The molecule has 2 aromatic heterocycles. The Morgan fingerprint density at radius 2 is 2.08 bits per heavy atom. The van der Waals surface area contributed by atoms with Crippen LogP contribution in [0.1, 0.15) is 47.3 Å². The van der Waals surface area contributed by atoms with E-state index in [1.54, 1.807) is 25.3 Å². The minimum absolute atomic E-state index is 0.0519. The Balaban J connectivity index is 1.37. The van der Waals surface area contributed by atoms with Crippen molar-refractivity contribution >= 4 is 35.5 Å². The number of pyridine rings is 2. The zero-order valence-corrected chi connectivity index (χ0v) is 21.2. The second-order valence-corrected chi connectivity index (χ2v) is 9.85. The van der Waals surface area contributed by atoms with Crippen molar-refractivity contribution in [2.75, 3.05) is 55.4 Å². The third-order valence-corrected chi connectivity index (χ3v) is 7.34. The van der Waals surface area contributed by atoms with E-state index < -0.39 is 11.6 Å². The lowest BCUT2D eigenvalue weighted by molar-refractivity contribution is -0.125. The van der Waals surface area contributed by atoms with Crippen LogP contribution in [-0.4, -0.2) is 79.0 Å². The number of nitrogens with zero attached hydrogens (tertiary/aromatic N) is 5. The second kappa shape index (κ2) is 10.7. The molecule has 2 bridgehead atoms. The van der Waals surface area contributed by atoms with Crippen LogP contribution in [0, 0.1) is 11.3 Å². The molecule has 198 valence electrons. The van der Waals surface area contributed by atoms with Gasteiger partial charge in [-0.15, -0.1) is 0 Å². The predicted octanol–water partition coefficient (Wildman–Crippen LogP) is 1.84. The molecule has 38 heavy (non-hydrogen) atoms. The lowest BCUT2D eigenvalue weighted by Crippen LogP contribution is -2.68. The molecule has 3 amide bonds. The highest BCUT2D eigenvalue weighted by molar-refractivity contribution is 6.03. The summed E-state index contributed by atoms with van der Waals surface area (Å²) in [7, 11) is 1.58. The zero-order chi connectivity index (χ0) is 26.7. The maximum Gasteiger partial charge on any atom is 0.328 e. The maximum absolute atomic E-state index is 13.5. The van der Waals surface area contributed by atoms with E-state index in [0.29, 0.717) is 61.5 Å². The van der Waals surface area contributed by atoms with Crippen molar-refractivity contribution in [2.24, 2.45) is 0 Å². The fourth-order valence-corrected chi connectivity index (χ4v) is 5.50. The Kier molecular flexibility index (Phi) is 7.22. The van der Waals surface area contributed by atoms with Crippen molar-refractivity contribution in [2.45, 2.75) is 37.3 Å². The summed E-state index contributed by atoms with van der Waals surface area (Å²) >= 11 is 0. The van der Waals surface area contributed by atoms with Gasteiger partial charge in [0, 0.05) is 37.5 Å². The molecule has 0 atom stereocenters. The van der Waals surface area contributed by atoms with Gasteiger partial charge in [-0.25, -0.2) is 14.8 Å². The number of carbonyl (C=O) groups is 3. The summed E-state index contributed by atoms with van der Waals surface area (Å²) in [4.78, 5) is 50.2. The Hall–Kier alpha value is -4.08. The van der Waals surface area contributed by atoms with Crippen LogP contribution in [0.2, 0.25) is 0 Å². The molecule has 0 unspecified atom stereocenters. The fraction of sp³-hybridized carbons (Fsp3) is 0.462. The lowest BCUT2D eigenvalue weighted by atomic mass is 9.64. The number of anilines is 3. The minimum atomic E-state index is -0.618. The number of hydrogen-bond donors (Lipinski definition) is 3. The Morgan fingerprint density at radius 1 is 1.29 bits per heavy atom. The van der Waals surface area contributed by atoms with Crippen molar-refractivity contribution in [1.82, 2.24) is 20.2 Å². The second-order valence-electron chi connectivity index (χ2n) is 9.85. The normalized spacial score (nSPS) is 21.6. The van der Waals surface area contributed by atoms with Crippen molar-refractivity contribution in [3.63, 3.8) is 0 Å². The smallest absolute Gasteiger partial charge is 0.328 e. The van der Waals surface area contributed by atoms with Gasteiger partial charge < -0.3 is 15.4 Å². The summed E-state index contributed by atoms with van der Waals surface area (Å²) in [5.41, 5.74) is 1.16. The minimum Gasteiger partial charge on any atom is -0.383 e. The number of hydrogen-bond acceptors (Lipinski definition) is 9. The molecule has 1 saturated carbocycles. The van der Waals surface area contributed by atoms with Gasteiger partial charge in [-0.3, -0.25) is 24.7 Å². The molecule has 4 aliphatic rings.